The van der Waals surface area contributed by atoms with E-state index in [1.807, 2.05) is 27.7 Å². The zero-order valence-electron chi connectivity index (χ0n) is 16.1. The number of carbonyl (C=O) groups is 3. The molecule has 0 bridgehead atoms. The first-order valence-corrected chi connectivity index (χ1v) is 9.36. The number of amides is 2. The topological polar surface area (TPSA) is 63.7 Å². The lowest BCUT2D eigenvalue weighted by Crippen LogP contribution is -2.40. The molecule has 1 saturated carbocycles. The number of hydrogen-bond acceptors (Lipinski definition) is 4. The van der Waals surface area contributed by atoms with Crippen LogP contribution in [0.25, 0.3) is 0 Å². The average Bonchev–Trinajstić information content (AvgIpc) is 2.84. The van der Waals surface area contributed by atoms with Crippen molar-refractivity contribution in [2.75, 3.05) is 0 Å². The van der Waals surface area contributed by atoms with Crippen molar-refractivity contribution in [3.8, 4) is 0 Å². The van der Waals surface area contributed by atoms with Gasteiger partial charge in [-0.05, 0) is 71.6 Å². The van der Waals surface area contributed by atoms with Gasteiger partial charge < -0.3 is 4.74 Å². The molecule has 25 heavy (non-hydrogen) atoms. The second-order valence-electron chi connectivity index (χ2n) is 8.59. The Kier molecular flexibility index (Phi) is 6.07. The summed E-state index contributed by atoms with van der Waals surface area (Å²) >= 11 is 0. The summed E-state index contributed by atoms with van der Waals surface area (Å²) < 4.78 is 5.50. The molecule has 2 amide bonds. The highest BCUT2D eigenvalue weighted by Gasteiger charge is 2.34. The summed E-state index contributed by atoms with van der Waals surface area (Å²) in [6, 6.07) is -0.0893. The molecule has 140 valence electrons. The van der Waals surface area contributed by atoms with Gasteiger partial charge in [-0.1, -0.05) is 6.92 Å². The SMILES string of the molecule is CC(CC(C)N1C(=O)C=CC1=O)C1CCC(C(=O)OC(C)(C)C)CC1. The van der Waals surface area contributed by atoms with Gasteiger partial charge in [0.25, 0.3) is 11.8 Å². The number of imide groups is 1. The van der Waals surface area contributed by atoms with Crippen molar-refractivity contribution in [1.29, 1.82) is 0 Å². The second-order valence-corrected chi connectivity index (χ2v) is 8.59. The quantitative estimate of drug-likeness (QED) is 0.563. The fourth-order valence-corrected chi connectivity index (χ4v) is 3.99. The Bertz CT molecular complexity index is 535. The van der Waals surface area contributed by atoms with Crippen LogP contribution >= 0.6 is 0 Å². The van der Waals surface area contributed by atoms with Crippen molar-refractivity contribution >= 4 is 17.8 Å². The largest absolute Gasteiger partial charge is 0.460 e. The predicted octanol–water partition coefficient (Wildman–Crippen LogP) is 3.47. The molecule has 0 radical (unpaired) electrons. The molecule has 2 aliphatic rings. The Hall–Kier alpha value is -1.65. The van der Waals surface area contributed by atoms with Gasteiger partial charge in [0, 0.05) is 18.2 Å². The van der Waals surface area contributed by atoms with Crippen LogP contribution in [0.5, 0.6) is 0 Å². The van der Waals surface area contributed by atoms with Gasteiger partial charge >= 0.3 is 5.97 Å². The molecule has 0 saturated heterocycles. The molecule has 0 spiro atoms. The predicted molar refractivity (Wildman–Crippen MR) is 95.5 cm³/mol. The Labute approximate surface area is 150 Å². The van der Waals surface area contributed by atoms with E-state index in [0.29, 0.717) is 11.8 Å². The van der Waals surface area contributed by atoms with E-state index in [-0.39, 0.29) is 29.7 Å². The van der Waals surface area contributed by atoms with Crippen molar-refractivity contribution < 1.29 is 19.1 Å². The smallest absolute Gasteiger partial charge is 0.309 e. The molecule has 2 rings (SSSR count). The molecule has 0 aromatic heterocycles. The summed E-state index contributed by atoms with van der Waals surface area (Å²) in [4.78, 5) is 37.1. The number of esters is 1. The summed E-state index contributed by atoms with van der Waals surface area (Å²) in [6.07, 6.45) is 7.21. The highest BCUT2D eigenvalue weighted by molar-refractivity contribution is 6.13. The van der Waals surface area contributed by atoms with Crippen LogP contribution in [0.1, 0.15) is 66.7 Å². The number of nitrogens with zero attached hydrogens (tertiary/aromatic N) is 1. The first-order chi connectivity index (χ1) is 11.6. The molecular formula is C20H31NO4. The fraction of sp³-hybridized carbons (Fsp3) is 0.750. The second kappa shape index (κ2) is 7.71. The lowest BCUT2D eigenvalue weighted by atomic mass is 9.74. The van der Waals surface area contributed by atoms with Gasteiger partial charge in [-0.2, -0.15) is 0 Å². The molecule has 1 aliphatic heterocycles. The van der Waals surface area contributed by atoms with E-state index < -0.39 is 5.60 Å². The summed E-state index contributed by atoms with van der Waals surface area (Å²) in [7, 11) is 0. The van der Waals surface area contributed by atoms with Crippen LogP contribution in [0.3, 0.4) is 0 Å². The van der Waals surface area contributed by atoms with E-state index >= 15 is 0 Å². The maximum Gasteiger partial charge on any atom is 0.309 e. The number of hydrogen-bond donors (Lipinski definition) is 0. The summed E-state index contributed by atoms with van der Waals surface area (Å²) in [5, 5.41) is 0. The zero-order valence-corrected chi connectivity index (χ0v) is 16.1. The van der Waals surface area contributed by atoms with Crippen molar-refractivity contribution in [1.82, 2.24) is 4.90 Å². The normalized spacial score (nSPS) is 26.7. The van der Waals surface area contributed by atoms with E-state index in [0.717, 1.165) is 32.1 Å². The highest BCUT2D eigenvalue weighted by Crippen LogP contribution is 2.36. The number of ether oxygens (including phenoxy) is 1. The van der Waals surface area contributed by atoms with Crippen molar-refractivity contribution in [2.45, 2.75) is 78.4 Å². The minimum Gasteiger partial charge on any atom is -0.460 e. The van der Waals surface area contributed by atoms with E-state index in [1.54, 1.807) is 0 Å². The Morgan fingerprint density at radius 3 is 2.12 bits per heavy atom. The van der Waals surface area contributed by atoms with Crippen LogP contribution in [0.2, 0.25) is 0 Å². The molecule has 2 atom stereocenters. The third-order valence-electron chi connectivity index (χ3n) is 5.31. The lowest BCUT2D eigenvalue weighted by molar-refractivity contribution is -0.161. The highest BCUT2D eigenvalue weighted by atomic mass is 16.6. The lowest BCUT2D eigenvalue weighted by Gasteiger charge is -2.34. The summed E-state index contributed by atoms with van der Waals surface area (Å²) in [5.74, 6) is 0.451. The average molecular weight is 349 g/mol. The van der Waals surface area contributed by atoms with Crippen LogP contribution in [-0.4, -0.2) is 34.3 Å². The Morgan fingerprint density at radius 1 is 1.12 bits per heavy atom. The first kappa shape index (κ1) is 19.7. The van der Waals surface area contributed by atoms with Gasteiger partial charge in [0.2, 0.25) is 0 Å². The van der Waals surface area contributed by atoms with Crippen LogP contribution in [0.15, 0.2) is 12.2 Å². The standard InChI is InChI=1S/C20H31NO4/c1-13(12-14(2)21-17(22)10-11-18(21)23)15-6-8-16(9-7-15)19(24)25-20(3,4)5/h10-11,13-16H,6-9,12H2,1-5H3. The molecule has 5 nitrogen and oxygen atoms in total. The molecule has 0 N–H and O–H groups in total. The van der Waals surface area contributed by atoms with Crippen molar-refractivity contribution in [3.63, 3.8) is 0 Å². The van der Waals surface area contributed by atoms with E-state index in [4.69, 9.17) is 4.74 Å². The molecule has 0 aromatic carbocycles. The Balaban J connectivity index is 1.81. The van der Waals surface area contributed by atoms with Gasteiger partial charge in [0.1, 0.15) is 5.60 Å². The Morgan fingerprint density at radius 2 is 1.64 bits per heavy atom. The first-order valence-electron chi connectivity index (χ1n) is 9.36. The van der Waals surface area contributed by atoms with Crippen LogP contribution < -0.4 is 0 Å². The van der Waals surface area contributed by atoms with Gasteiger partial charge in [-0.3, -0.25) is 19.3 Å². The number of rotatable bonds is 5. The van der Waals surface area contributed by atoms with E-state index in [1.165, 1.54) is 17.1 Å². The molecule has 2 unspecified atom stereocenters. The molecule has 1 heterocycles. The molecular weight excluding hydrogens is 318 g/mol. The van der Waals surface area contributed by atoms with E-state index in [2.05, 4.69) is 6.92 Å². The third-order valence-corrected chi connectivity index (χ3v) is 5.31. The monoisotopic (exact) mass is 349 g/mol. The van der Waals surface area contributed by atoms with Gasteiger partial charge in [-0.25, -0.2) is 0 Å². The zero-order chi connectivity index (χ0) is 18.8. The minimum atomic E-state index is -0.431. The van der Waals surface area contributed by atoms with Crippen LogP contribution in [0.4, 0.5) is 0 Å². The number of carbonyl (C=O) groups excluding carboxylic acids is 3. The fourth-order valence-electron chi connectivity index (χ4n) is 3.99. The van der Waals surface area contributed by atoms with Gasteiger partial charge in [0.05, 0.1) is 5.92 Å². The van der Waals surface area contributed by atoms with Crippen LogP contribution in [-0.2, 0) is 19.1 Å². The summed E-state index contributed by atoms with van der Waals surface area (Å²) in [6.45, 7) is 9.82. The maximum atomic E-state index is 12.2. The minimum absolute atomic E-state index is 0.00559. The van der Waals surface area contributed by atoms with Gasteiger partial charge in [-0.15, -0.1) is 0 Å². The molecule has 1 fully saturated rings. The summed E-state index contributed by atoms with van der Waals surface area (Å²) in [5.41, 5.74) is -0.431. The maximum absolute atomic E-state index is 12.2. The van der Waals surface area contributed by atoms with Gasteiger partial charge in [0.15, 0.2) is 0 Å². The molecule has 1 aliphatic carbocycles. The molecule has 0 aromatic rings. The third kappa shape index (κ3) is 5.16. The van der Waals surface area contributed by atoms with Crippen LogP contribution in [0, 0.1) is 17.8 Å². The van der Waals surface area contributed by atoms with E-state index in [9.17, 15) is 14.4 Å². The van der Waals surface area contributed by atoms with Crippen molar-refractivity contribution in [3.05, 3.63) is 12.2 Å². The van der Waals surface area contributed by atoms with Crippen molar-refractivity contribution in [2.24, 2.45) is 17.8 Å². The molecule has 5 heteroatoms.